The van der Waals surface area contributed by atoms with E-state index in [-0.39, 0.29) is 6.10 Å². The molecule has 19 heavy (non-hydrogen) atoms. The summed E-state index contributed by atoms with van der Waals surface area (Å²) in [5.74, 6) is 0.576. The van der Waals surface area contributed by atoms with Crippen LogP contribution >= 0.6 is 0 Å². The van der Waals surface area contributed by atoms with E-state index < -0.39 is 0 Å². The smallest absolute Gasteiger partial charge is 0.156 e. The Balaban J connectivity index is 1.91. The van der Waals surface area contributed by atoms with Gasteiger partial charge in [-0.15, -0.1) is 0 Å². The Morgan fingerprint density at radius 1 is 1.26 bits per heavy atom. The number of aromatic nitrogens is 1. The molecule has 1 aromatic heterocycles. The lowest BCUT2D eigenvalue weighted by atomic mass is 9.89. The minimum Gasteiger partial charge on any atom is -0.483 e. The van der Waals surface area contributed by atoms with Gasteiger partial charge in [0.1, 0.15) is 12.2 Å². The van der Waals surface area contributed by atoms with Crippen molar-refractivity contribution in [3.63, 3.8) is 0 Å². The van der Waals surface area contributed by atoms with Crippen molar-refractivity contribution in [3.8, 4) is 11.8 Å². The van der Waals surface area contributed by atoms with Crippen LogP contribution in [0, 0.1) is 11.3 Å². The molecule has 0 fully saturated rings. The maximum atomic E-state index is 9.09. The molecular weight excluding hydrogens is 236 g/mol. The summed E-state index contributed by atoms with van der Waals surface area (Å²) in [6.07, 6.45) is 6.46. The fraction of sp³-hybridized carbons (Fsp3) is 0.250. The lowest BCUT2D eigenvalue weighted by Gasteiger charge is -2.26. The number of nitrogens with zero attached hydrogens (tertiary/aromatic N) is 2. The van der Waals surface area contributed by atoms with Gasteiger partial charge in [0.15, 0.2) is 5.75 Å². The van der Waals surface area contributed by atoms with Crippen molar-refractivity contribution in [3.05, 3.63) is 59.4 Å². The quantitative estimate of drug-likeness (QED) is 0.820. The second-order valence-electron chi connectivity index (χ2n) is 4.68. The molecule has 0 spiro atoms. The van der Waals surface area contributed by atoms with Gasteiger partial charge in [-0.05, 0) is 36.5 Å². The van der Waals surface area contributed by atoms with Gasteiger partial charge in [0.2, 0.25) is 0 Å². The zero-order valence-corrected chi connectivity index (χ0v) is 10.5. The monoisotopic (exact) mass is 250 g/mol. The van der Waals surface area contributed by atoms with Crippen LogP contribution in [0.25, 0.3) is 0 Å². The van der Waals surface area contributed by atoms with E-state index in [4.69, 9.17) is 10.00 Å². The molecule has 0 N–H and O–H groups in total. The van der Waals surface area contributed by atoms with Gasteiger partial charge in [0, 0.05) is 6.20 Å². The lowest BCUT2D eigenvalue weighted by Crippen LogP contribution is -2.15. The van der Waals surface area contributed by atoms with Crippen LogP contribution in [-0.4, -0.2) is 4.98 Å². The molecule has 0 radical (unpaired) electrons. The minimum absolute atomic E-state index is 0.0289. The number of pyridine rings is 1. The van der Waals surface area contributed by atoms with E-state index in [1.807, 2.05) is 6.07 Å². The Kier molecular flexibility index (Phi) is 3.16. The van der Waals surface area contributed by atoms with Crippen molar-refractivity contribution < 1.29 is 4.74 Å². The molecule has 1 aromatic carbocycles. The second kappa shape index (κ2) is 5.11. The van der Waals surface area contributed by atoms with Crippen molar-refractivity contribution in [2.75, 3.05) is 0 Å². The number of rotatable bonds is 2. The van der Waals surface area contributed by atoms with Gasteiger partial charge >= 0.3 is 0 Å². The van der Waals surface area contributed by atoms with Gasteiger partial charge in [-0.3, -0.25) is 4.98 Å². The van der Waals surface area contributed by atoms with E-state index in [9.17, 15) is 0 Å². The molecule has 0 aliphatic heterocycles. The summed E-state index contributed by atoms with van der Waals surface area (Å²) >= 11 is 0. The average molecular weight is 250 g/mol. The van der Waals surface area contributed by atoms with Gasteiger partial charge in [-0.25, -0.2) is 0 Å². The van der Waals surface area contributed by atoms with Crippen LogP contribution in [-0.2, 0) is 6.42 Å². The molecular formula is C16H14N2O. The molecule has 3 rings (SSSR count). The van der Waals surface area contributed by atoms with E-state index in [2.05, 4.69) is 29.3 Å². The van der Waals surface area contributed by atoms with Crippen LogP contribution in [0.3, 0.4) is 0 Å². The summed E-state index contributed by atoms with van der Waals surface area (Å²) < 4.78 is 6.02. The molecule has 0 amide bonds. The lowest BCUT2D eigenvalue weighted by molar-refractivity contribution is 0.182. The summed E-state index contributed by atoms with van der Waals surface area (Å²) in [7, 11) is 0. The number of hydrogen-bond acceptors (Lipinski definition) is 3. The second-order valence-corrected chi connectivity index (χ2v) is 4.68. The topological polar surface area (TPSA) is 45.9 Å². The number of ether oxygens (including phenoxy) is 1. The molecule has 0 saturated carbocycles. The van der Waals surface area contributed by atoms with Gasteiger partial charge in [0.05, 0.1) is 11.8 Å². The number of fused-ring (bicyclic) bond motifs is 1. The third kappa shape index (κ3) is 2.30. The van der Waals surface area contributed by atoms with Gasteiger partial charge in [-0.2, -0.15) is 5.26 Å². The Morgan fingerprint density at radius 3 is 3.05 bits per heavy atom. The van der Waals surface area contributed by atoms with Crippen LogP contribution in [0.5, 0.6) is 5.75 Å². The largest absolute Gasteiger partial charge is 0.483 e. The van der Waals surface area contributed by atoms with E-state index in [0.717, 1.165) is 19.3 Å². The Morgan fingerprint density at radius 2 is 2.16 bits per heavy atom. The highest BCUT2D eigenvalue weighted by atomic mass is 16.5. The highest BCUT2D eigenvalue weighted by Gasteiger charge is 2.22. The summed E-state index contributed by atoms with van der Waals surface area (Å²) in [5.41, 5.74) is 3.13. The van der Waals surface area contributed by atoms with Crippen LogP contribution in [0.1, 0.15) is 35.6 Å². The van der Waals surface area contributed by atoms with Crippen molar-refractivity contribution in [2.45, 2.75) is 25.4 Å². The summed E-state index contributed by atoms with van der Waals surface area (Å²) in [5, 5.41) is 9.09. The maximum absolute atomic E-state index is 9.09. The number of benzene rings is 1. The number of aryl methyl sites for hydroxylation is 1. The van der Waals surface area contributed by atoms with Crippen LogP contribution in [0.15, 0.2) is 42.7 Å². The van der Waals surface area contributed by atoms with Gasteiger partial charge < -0.3 is 4.74 Å². The fourth-order valence-electron chi connectivity index (χ4n) is 2.55. The Bertz CT molecular complexity index is 631. The normalized spacial score (nSPS) is 17.3. The highest BCUT2D eigenvalue weighted by Crippen LogP contribution is 2.34. The van der Waals surface area contributed by atoms with E-state index in [1.54, 1.807) is 18.5 Å². The minimum atomic E-state index is 0.0289. The Hall–Kier alpha value is -2.34. The first kappa shape index (κ1) is 11.7. The third-order valence-corrected chi connectivity index (χ3v) is 3.49. The molecule has 1 atom stereocenters. The molecule has 3 heteroatoms. The van der Waals surface area contributed by atoms with Crippen LogP contribution < -0.4 is 4.74 Å². The van der Waals surface area contributed by atoms with Crippen molar-refractivity contribution in [1.82, 2.24) is 4.98 Å². The van der Waals surface area contributed by atoms with Crippen molar-refractivity contribution >= 4 is 0 Å². The molecule has 1 aliphatic carbocycles. The molecule has 1 aliphatic rings. The van der Waals surface area contributed by atoms with Gasteiger partial charge in [-0.1, -0.05) is 24.3 Å². The molecule has 2 aromatic rings. The van der Waals surface area contributed by atoms with Crippen LogP contribution in [0.4, 0.5) is 0 Å². The van der Waals surface area contributed by atoms with E-state index >= 15 is 0 Å². The first-order chi connectivity index (χ1) is 9.38. The molecule has 94 valence electrons. The molecule has 0 saturated heterocycles. The third-order valence-electron chi connectivity index (χ3n) is 3.49. The summed E-state index contributed by atoms with van der Waals surface area (Å²) in [6.45, 7) is 0. The van der Waals surface area contributed by atoms with Crippen molar-refractivity contribution in [2.24, 2.45) is 0 Å². The average Bonchev–Trinajstić information content (AvgIpc) is 2.48. The summed E-state index contributed by atoms with van der Waals surface area (Å²) in [4.78, 5) is 4.04. The fourth-order valence-corrected chi connectivity index (χ4v) is 2.55. The molecule has 1 unspecified atom stereocenters. The first-order valence-corrected chi connectivity index (χ1v) is 6.47. The standard InChI is InChI=1S/C16H14N2O/c17-10-13-8-9-18-11-16(13)19-15-7-3-5-12-4-1-2-6-14(12)15/h1-2,4,6,8-9,11,15H,3,5,7H2. The predicted octanol–water partition coefficient (Wildman–Crippen LogP) is 3.41. The first-order valence-electron chi connectivity index (χ1n) is 6.47. The zero-order chi connectivity index (χ0) is 13.1. The molecule has 3 nitrogen and oxygen atoms in total. The van der Waals surface area contributed by atoms with Gasteiger partial charge in [0.25, 0.3) is 0 Å². The van der Waals surface area contributed by atoms with E-state index in [0.29, 0.717) is 11.3 Å². The Labute approximate surface area is 112 Å². The predicted molar refractivity (Wildman–Crippen MR) is 71.7 cm³/mol. The van der Waals surface area contributed by atoms with Crippen molar-refractivity contribution in [1.29, 1.82) is 5.26 Å². The summed E-state index contributed by atoms with van der Waals surface area (Å²) in [6, 6.07) is 12.2. The van der Waals surface area contributed by atoms with Crippen LogP contribution in [0.2, 0.25) is 0 Å². The molecule has 1 heterocycles. The van der Waals surface area contributed by atoms with E-state index in [1.165, 1.54) is 11.1 Å². The number of nitriles is 1. The highest BCUT2D eigenvalue weighted by molar-refractivity contribution is 5.41. The molecule has 0 bridgehead atoms. The number of hydrogen-bond donors (Lipinski definition) is 0. The maximum Gasteiger partial charge on any atom is 0.156 e. The SMILES string of the molecule is N#Cc1ccncc1OC1CCCc2ccccc21. The zero-order valence-electron chi connectivity index (χ0n) is 10.5.